The molecule has 9 heteroatoms. The topological polar surface area (TPSA) is 96.7 Å². The van der Waals surface area contributed by atoms with E-state index in [1.165, 1.54) is 34.8 Å². The number of sulfonamides is 2. The largest absolute Gasteiger partial charge is 0.468 e. The van der Waals surface area contributed by atoms with Crippen LogP contribution >= 0.6 is 0 Å². The zero-order valence-corrected chi connectivity index (χ0v) is 19.9. The number of furan rings is 1. The summed E-state index contributed by atoms with van der Waals surface area (Å²) in [6, 6.07) is 18.1. The third kappa shape index (κ3) is 5.92. The van der Waals surface area contributed by atoms with E-state index in [2.05, 4.69) is 4.72 Å². The number of nitrogens with one attached hydrogen (secondary N) is 1. The van der Waals surface area contributed by atoms with Crippen LogP contribution < -0.4 is 4.72 Å². The summed E-state index contributed by atoms with van der Waals surface area (Å²) in [7, 11) is -7.61. The second-order valence-corrected chi connectivity index (χ2v) is 11.9. The summed E-state index contributed by atoms with van der Waals surface area (Å²) in [5, 5.41) is 0. The molecule has 0 aliphatic heterocycles. The number of rotatable bonds is 9. The van der Waals surface area contributed by atoms with Crippen molar-refractivity contribution in [1.82, 2.24) is 9.03 Å². The first-order valence-electron chi connectivity index (χ1n) is 11.0. The van der Waals surface area contributed by atoms with Crippen LogP contribution in [0.2, 0.25) is 0 Å². The Kier molecular flexibility index (Phi) is 7.33. The third-order valence-corrected chi connectivity index (χ3v) is 9.16. The van der Waals surface area contributed by atoms with Crippen LogP contribution in [-0.4, -0.2) is 27.2 Å². The van der Waals surface area contributed by atoms with Gasteiger partial charge < -0.3 is 4.42 Å². The van der Waals surface area contributed by atoms with Gasteiger partial charge in [0.15, 0.2) is 0 Å². The van der Waals surface area contributed by atoms with Crippen molar-refractivity contribution in [3.8, 4) is 0 Å². The van der Waals surface area contributed by atoms with E-state index in [1.54, 1.807) is 12.1 Å². The quantitative estimate of drug-likeness (QED) is 0.485. The van der Waals surface area contributed by atoms with Gasteiger partial charge in [0.1, 0.15) is 5.76 Å². The van der Waals surface area contributed by atoms with Crippen molar-refractivity contribution < 1.29 is 21.3 Å². The number of benzene rings is 2. The van der Waals surface area contributed by atoms with E-state index in [9.17, 15) is 16.8 Å². The van der Waals surface area contributed by atoms with Crippen LogP contribution in [-0.2, 0) is 33.1 Å². The third-order valence-electron chi connectivity index (χ3n) is 5.81. The Morgan fingerprint density at radius 1 is 0.788 bits per heavy atom. The maximum absolute atomic E-state index is 13.5. The second-order valence-electron chi connectivity index (χ2n) is 8.27. The maximum atomic E-state index is 13.5. The highest BCUT2D eigenvalue weighted by Crippen LogP contribution is 2.24. The first-order chi connectivity index (χ1) is 15.8. The molecule has 0 amide bonds. The summed E-state index contributed by atoms with van der Waals surface area (Å²) < 4.78 is 61.9. The molecule has 0 saturated heterocycles. The minimum absolute atomic E-state index is 0.0293. The highest BCUT2D eigenvalue weighted by Gasteiger charge is 2.27. The maximum Gasteiger partial charge on any atom is 0.243 e. The van der Waals surface area contributed by atoms with Crippen LogP contribution in [0.15, 0.2) is 87.2 Å². The van der Waals surface area contributed by atoms with E-state index in [0.29, 0.717) is 5.76 Å². The Hall–Kier alpha value is -2.46. The smallest absolute Gasteiger partial charge is 0.243 e. The van der Waals surface area contributed by atoms with Crippen molar-refractivity contribution in [2.24, 2.45) is 0 Å². The van der Waals surface area contributed by atoms with Gasteiger partial charge in [-0.1, -0.05) is 49.6 Å². The van der Waals surface area contributed by atoms with Gasteiger partial charge in [0.25, 0.3) is 0 Å². The Balaban J connectivity index is 1.56. The normalized spacial score (nSPS) is 15.7. The van der Waals surface area contributed by atoms with Crippen LogP contribution in [0.3, 0.4) is 0 Å². The van der Waals surface area contributed by atoms with E-state index in [-0.39, 0.29) is 28.9 Å². The van der Waals surface area contributed by atoms with Gasteiger partial charge in [-0.25, -0.2) is 21.6 Å². The van der Waals surface area contributed by atoms with Crippen LogP contribution in [0, 0.1) is 0 Å². The summed E-state index contributed by atoms with van der Waals surface area (Å²) in [5.41, 5.74) is 0.837. The first-order valence-corrected chi connectivity index (χ1v) is 14.0. The summed E-state index contributed by atoms with van der Waals surface area (Å²) in [4.78, 5) is 0.0919. The summed E-state index contributed by atoms with van der Waals surface area (Å²) in [5.74, 6) is 0.519. The Labute approximate surface area is 195 Å². The van der Waals surface area contributed by atoms with Gasteiger partial charge >= 0.3 is 0 Å². The van der Waals surface area contributed by atoms with Crippen LogP contribution in [0.25, 0.3) is 0 Å². The average Bonchev–Trinajstić information content (AvgIpc) is 3.33. The standard InChI is InChI=1S/C24H28N2O5S2/c27-32(28,25-21-10-5-2-6-11-21)23-13-15-24(16-14-23)33(29,30)26(19-22-12-7-17-31-22)18-20-8-3-1-4-9-20/h1,3-4,7-9,12-17,21,25H,2,5-6,10-11,18-19H2. The van der Waals surface area contributed by atoms with Gasteiger partial charge in [0.05, 0.1) is 22.6 Å². The fourth-order valence-electron chi connectivity index (χ4n) is 4.04. The lowest BCUT2D eigenvalue weighted by atomic mass is 9.96. The lowest BCUT2D eigenvalue weighted by molar-refractivity contribution is 0.358. The van der Waals surface area contributed by atoms with Crippen molar-refractivity contribution in [2.45, 2.75) is 61.0 Å². The molecule has 176 valence electrons. The lowest BCUT2D eigenvalue weighted by Crippen LogP contribution is -2.36. The molecule has 3 aromatic rings. The van der Waals surface area contributed by atoms with Crippen molar-refractivity contribution >= 4 is 20.0 Å². The van der Waals surface area contributed by atoms with Crippen molar-refractivity contribution in [2.75, 3.05) is 0 Å². The second kappa shape index (κ2) is 10.2. The molecule has 0 radical (unpaired) electrons. The lowest BCUT2D eigenvalue weighted by Gasteiger charge is -2.23. The van der Waals surface area contributed by atoms with Gasteiger partial charge in [0, 0.05) is 12.6 Å². The molecule has 1 aliphatic carbocycles. The molecule has 1 N–H and O–H groups in total. The van der Waals surface area contributed by atoms with Gasteiger partial charge in [-0.05, 0) is 54.8 Å². The monoisotopic (exact) mass is 488 g/mol. The molecule has 1 heterocycles. The van der Waals surface area contributed by atoms with Gasteiger partial charge in [-0.15, -0.1) is 0 Å². The molecule has 7 nitrogen and oxygen atoms in total. The predicted molar refractivity (Wildman–Crippen MR) is 125 cm³/mol. The number of hydrogen-bond donors (Lipinski definition) is 1. The number of hydrogen-bond acceptors (Lipinski definition) is 5. The zero-order chi connectivity index (χ0) is 23.3. The molecule has 1 aliphatic rings. The van der Waals surface area contributed by atoms with Gasteiger partial charge in [-0.3, -0.25) is 0 Å². The molecule has 0 bridgehead atoms. The average molecular weight is 489 g/mol. The van der Waals surface area contributed by atoms with Crippen LogP contribution in [0.5, 0.6) is 0 Å². The highest BCUT2D eigenvalue weighted by atomic mass is 32.2. The Morgan fingerprint density at radius 2 is 1.45 bits per heavy atom. The van der Waals surface area contributed by atoms with Gasteiger partial charge in [-0.2, -0.15) is 4.31 Å². The number of nitrogens with zero attached hydrogens (tertiary/aromatic N) is 1. The highest BCUT2D eigenvalue weighted by molar-refractivity contribution is 7.89. The molecule has 0 unspecified atom stereocenters. The molecular weight excluding hydrogens is 460 g/mol. The summed E-state index contributed by atoms with van der Waals surface area (Å²) >= 11 is 0. The Bertz CT molecular complexity index is 1230. The fourth-order valence-corrected chi connectivity index (χ4v) is 6.74. The molecule has 33 heavy (non-hydrogen) atoms. The van der Waals surface area contributed by atoms with Crippen LogP contribution in [0.1, 0.15) is 43.4 Å². The minimum atomic E-state index is -3.91. The molecule has 1 aromatic heterocycles. The fraction of sp³-hybridized carbons (Fsp3) is 0.333. The van der Waals surface area contributed by atoms with E-state index in [0.717, 1.165) is 37.7 Å². The molecule has 2 aromatic carbocycles. The molecule has 0 spiro atoms. The zero-order valence-electron chi connectivity index (χ0n) is 18.3. The van der Waals surface area contributed by atoms with E-state index < -0.39 is 20.0 Å². The van der Waals surface area contributed by atoms with Crippen molar-refractivity contribution in [1.29, 1.82) is 0 Å². The molecule has 0 atom stereocenters. The predicted octanol–water partition coefficient (Wildman–Crippen LogP) is 4.28. The Morgan fingerprint density at radius 3 is 2.09 bits per heavy atom. The van der Waals surface area contributed by atoms with E-state index in [4.69, 9.17) is 4.42 Å². The molecule has 1 saturated carbocycles. The first kappa shape index (κ1) is 23.7. The van der Waals surface area contributed by atoms with E-state index >= 15 is 0 Å². The molecular formula is C24H28N2O5S2. The minimum Gasteiger partial charge on any atom is -0.468 e. The van der Waals surface area contributed by atoms with Crippen molar-refractivity contribution in [3.05, 3.63) is 84.3 Å². The summed E-state index contributed by atoms with van der Waals surface area (Å²) in [6.45, 7) is 0.223. The van der Waals surface area contributed by atoms with Crippen molar-refractivity contribution in [3.63, 3.8) is 0 Å². The SMILES string of the molecule is O=S(=O)(NC1CCCCC1)c1ccc(S(=O)(=O)N(Cc2ccccc2)Cc2ccco2)cc1. The molecule has 1 fully saturated rings. The molecule has 4 rings (SSSR count). The van der Waals surface area contributed by atoms with Gasteiger partial charge in [0.2, 0.25) is 20.0 Å². The summed E-state index contributed by atoms with van der Waals surface area (Å²) in [6.07, 6.45) is 6.30. The van der Waals surface area contributed by atoms with E-state index in [1.807, 2.05) is 30.3 Å². The van der Waals surface area contributed by atoms with Crippen LogP contribution in [0.4, 0.5) is 0 Å².